The van der Waals surface area contributed by atoms with Gasteiger partial charge in [0.15, 0.2) is 5.96 Å². The molecule has 0 aliphatic heterocycles. The molecule has 0 radical (unpaired) electrons. The Hall–Kier alpha value is -2.16. The second kappa shape index (κ2) is 13.1. The predicted octanol–water partition coefficient (Wildman–Crippen LogP) is 3.20. The molecule has 0 bridgehead atoms. The van der Waals surface area contributed by atoms with Gasteiger partial charge in [-0.15, -0.1) is 24.0 Å². The topological polar surface area (TPSA) is 56.7 Å². The molecule has 0 aliphatic rings. The first-order chi connectivity index (χ1) is 13.1. The lowest BCUT2D eigenvalue weighted by molar-refractivity contribution is -0.130. The summed E-state index contributed by atoms with van der Waals surface area (Å²) in [4.78, 5) is 18.1. The largest absolute Gasteiger partial charge is 0.356 e. The van der Waals surface area contributed by atoms with Crippen molar-refractivity contribution in [1.82, 2.24) is 15.5 Å². The monoisotopic (exact) mass is 498 g/mol. The molecule has 2 aromatic carbocycles. The number of nitrogens with zero attached hydrogens (tertiary/aromatic N) is 2. The van der Waals surface area contributed by atoms with E-state index < -0.39 is 0 Å². The number of carbonyl (C=O) groups is 1. The molecule has 0 fully saturated rings. The Bertz CT molecular complexity index is 755. The zero-order chi connectivity index (χ0) is 19.5. The smallest absolute Gasteiger partial charge is 0.224 e. The molecule has 0 spiro atoms. The molecule has 2 aromatic rings. The standard InChI is InChI=1S/C21H27FN4O.HI/c1-23-21(24-14-12-18-10-6-7-11-19(18)22)25-15-13-20(27)26(2)16-17-8-4-3-5-9-17;/h3-11H,12-16H2,1-2H3,(H2,23,24,25);1H. The molecule has 7 heteroatoms. The van der Waals surface area contributed by atoms with Crippen LogP contribution in [0.15, 0.2) is 59.6 Å². The summed E-state index contributed by atoms with van der Waals surface area (Å²) in [5, 5.41) is 6.25. The minimum absolute atomic E-state index is 0. The second-order valence-electron chi connectivity index (χ2n) is 6.25. The lowest BCUT2D eigenvalue weighted by atomic mass is 10.1. The van der Waals surface area contributed by atoms with Crippen LogP contribution in [0, 0.1) is 5.82 Å². The fourth-order valence-corrected chi connectivity index (χ4v) is 2.66. The van der Waals surface area contributed by atoms with Crippen LogP contribution in [0.5, 0.6) is 0 Å². The SMILES string of the molecule is CN=C(NCCC(=O)N(C)Cc1ccccc1)NCCc1ccccc1F.I. The Morgan fingerprint density at radius 1 is 1.04 bits per heavy atom. The maximum absolute atomic E-state index is 13.6. The van der Waals surface area contributed by atoms with Crippen LogP contribution in [0.2, 0.25) is 0 Å². The highest BCUT2D eigenvalue weighted by Crippen LogP contribution is 2.06. The molecule has 0 aliphatic carbocycles. The zero-order valence-electron chi connectivity index (χ0n) is 16.3. The van der Waals surface area contributed by atoms with Crippen molar-refractivity contribution < 1.29 is 9.18 Å². The highest BCUT2D eigenvalue weighted by atomic mass is 127. The normalized spacial score (nSPS) is 10.8. The van der Waals surface area contributed by atoms with Crippen LogP contribution >= 0.6 is 24.0 Å². The maximum atomic E-state index is 13.6. The van der Waals surface area contributed by atoms with Crippen molar-refractivity contribution in [3.63, 3.8) is 0 Å². The van der Waals surface area contributed by atoms with E-state index in [1.807, 2.05) is 36.4 Å². The van der Waals surface area contributed by atoms with Crippen LogP contribution in [-0.4, -0.2) is 44.0 Å². The number of hydrogen-bond acceptors (Lipinski definition) is 2. The molecule has 0 atom stereocenters. The average Bonchev–Trinajstić information content (AvgIpc) is 2.68. The van der Waals surface area contributed by atoms with Crippen LogP contribution in [0.1, 0.15) is 17.5 Å². The number of nitrogens with one attached hydrogen (secondary N) is 2. The van der Waals surface area contributed by atoms with Gasteiger partial charge in [-0.1, -0.05) is 48.5 Å². The Morgan fingerprint density at radius 3 is 2.36 bits per heavy atom. The molecule has 0 heterocycles. The van der Waals surface area contributed by atoms with Gasteiger partial charge in [-0.05, 0) is 23.6 Å². The molecular formula is C21H28FIN4O. The number of halogens is 2. The van der Waals surface area contributed by atoms with Crippen LogP contribution in [0.3, 0.4) is 0 Å². The molecule has 0 saturated carbocycles. The van der Waals surface area contributed by atoms with E-state index in [9.17, 15) is 9.18 Å². The summed E-state index contributed by atoms with van der Waals surface area (Å²) in [6, 6.07) is 16.6. The van der Waals surface area contributed by atoms with E-state index in [0.717, 1.165) is 5.56 Å². The van der Waals surface area contributed by atoms with Gasteiger partial charge < -0.3 is 15.5 Å². The van der Waals surface area contributed by atoms with Gasteiger partial charge in [0, 0.05) is 40.2 Å². The summed E-state index contributed by atoms with van der Waals surface area (Å²) in [7, 11) is 3.47. The number of guanidine groups is 1. The number of carbonyl (C=O) groups excluding carboxylic acids is 1. The van der Waals surface area contributed by atoms with Crippen molar-refractivity contribution in [3.05, 3.63) is 71.5 Å². The fraction of sp³-hybridized carbons (Fsp3) is 0.333. The maximum Gasteiger partial charge on any atom is 0.224 e. The zero-order valence-corrected chi connectivity index (χ0v) is 18.7. The van der Waals surface area contributed by atoms with Crippen molar-refractivity contribution in [2.45, 2.75) is 19.4 Å². The quantitative estimate of drug-likeness (QED) is 0.334. The summed E-state index contributed by atoms with van der Waals surface area (Å²) in [5.74, 6) is 0.465. The fourth-order valence-electron chi connectivity index (χ4n) is 2.66. The Labute approximate surface area is 183 Å². The predicted molar refractivity (Wildman–Crippen MR) is 122 cm³/mol. The molecule has 28 heavy (non-hydrogen) atoms. The molecular weight excluding hydrogens is 470 g/mol. The van der Waals surface area contributed by atoms with E-state index in [4.69, 9.17) is 0 Å². The van der Waals surface area contributed by atoms with Gasteiger partial charge in [0.05, 0.1) is 0 Å². The van der Waals surface area contributed by atoms with Crippen LogP contribution in [0.4, 0.5) is 4.39 Å². The molecule has 0 saturated heterocycles. The van der Waals surface area contributed by atoms with Crippen molar-refractivity contribution in [3.8, 4) is 0 Å². The first-order valence-corrected chi connectivity index (χ1v) is 9.06. The van der Waals surface area contributed by atoms with Gasteiger partial charge in [-0.2, -0.15) is 0 Å². The van der Waals surface area contributed by atoms with Crippen molar-refractivity contribution >= 4 is 35.8 Å². The summed E-state index contributed by atoms with van der Waals surface area (Å²) in [5.41, 5.74) is 1.77. The summed E-state index contributed by atoms with van der Waals surface area (Å²) in [6.07, 6.45) is 0.934. The van der Waals surface area contributed by atoms with E-state index in [2.05, 4.69) is 15.6 Å². The Kier molecular flexibility index (Phi) is 11.2. The Balaban J connectivity index is 0.00000392. The third kappa shape index (κ3) is 8.24. The van der Waals surface area contributed by atoms with Crippen LogP contribution < -0.4 is 10.6 Å². The van der Waals surface area contributed by atoms with Crippen molar-refractivity contribution in [2.75, 3.05) is 27.2 Å². The summed E-state index contributed by atoms with van der Waals surface area (Å²) in [6.45, 7) is 1.63. The van der Waals surface area contributed by atoms with Gasteiger partial charge in [0.1, 0.15) is 5.82 Å². The summed E-state index contributed by atoms with van der Waals surface area (Å²) < 4.78 is 13.6. The van der Waals surface area contributed by atoms with E-state index in [0.29, 0.717) is 44.0 Å². The minimum atomic E-state index is -0.200. The molecule has 1 amide bonds. The Morgan fingerprint density at radius 2 is 1.68 bits per heavy atom. The first kappa shape index (κ1) is 23.9. The van der Waals surface area contributed by atoms with Crippen LogP contribution in [0.25, 0.3) is 0 Å². The van der Waals surface area contributed by atoms with E-state index in [1.165, 1.54) is 6.07 Å². The molecule has 0 unspecified atom stereocenters. The van der Waals surface area contributed by atoms with Gasteiger partial charge in [-0.3, -0.25) is 9.79 Å². The average molecular weight is 498 g/mol. The highest BCUT2D eigenvalue weighted by molar-refractivity contribution is 14.0. The van der Waals surface area contributed by atoms with Crippen molar-refractivity contribution in [2.24, 2.45) is 4.99 Å². The lowest BCUT2D eigenvalue weighted by Gasteiger charge is -2.18. The van der Waals surface area contributed by atoms with E-state index in [1.54, 1.807) is 31.1 Å². The number of rotatable bonds is 8. The first-order valence-electron chi connectivity index (χ1n) is 9.06. The lowest BCUT2D eigenvalue weighted by Crippen LogP contribution is -2.40. The molecule has 152 valence electrons. The van der Waals surface area contributed by atoms with Gasteiger partial charge in [-0.25, -0.2) is 4.39 Å². The molecule has 2 rings (SSSR count). The number of amides is 1. The minimum Gasteiger partial charge on any atom is -0.356 e. The highest BCUT2D eigenvalue weighted by Gasteiger charge is 2.09. The van der Waals surface area contributed by atoms with E-state index >= 15 is 0 Å². The molecule has 2 N–H and O–H groups in total. The third-order valence-electron chi connectivity index (χ3n) is 4.19. The number of aliphatic imine (C=N–C) groups is 1. The number of hydrogen-bond donors (Lipinski definition) is 2. The molecule has 5 nitrogen and oxygen atoms in total. The van der Waals surface area contributed by atoms with Crippen molar-refractivity contribution in [1.29, 1.82) is 0 Å². The number of benzene rings is 2. The third-order valence-corrected chi connectivity index (χ3v) is 4.19. The molecule has 0 aromatic heterocycles. The van der Waals surface area contributed by atoms with Gasteiger partial charge in [0.25, 0.3) is 0 Å². The van der Waals surface area contributed by atoms with Gasteiger partial charge >= 0.3 is 0 Å². The van der Waals surface area contributed by atoms with E-state index in [-0.39, 0.29) is 35.7 Å². The summed E-state index contributed by atoms with van der Waals surface area (Å²) >= 11 is 0. The van der Waals surface area contributed by atoms with Gasteiger partial charge in [0.2, 0.25) is 5.91 Å². The van der Waals surface area contributed by atoms with Crippen LogP contribution in [-0.2, 0) is 17.8 Å². The second-order valence-corrected chi connectivity index (χ2v) is 6.25.